The van der Waals surface area contributed by atoms with Gasteiger partial charge in [-0.1, -0.05) is 0 Å². The topological polar surface area (TPSA) is 75.1 Å². The summed E-state index contributed by atoms with van der Waals surface area (Å²) in [5, 5.41) is 6.99. The Hall–Kier alpha value is -1.71. The molecule has 1 rings (SSSR count). The van der Waals surface area contributed by atoms with Crippen molar-refractivity contribution in [3.05, 3.63) is 30.1 Å². The van der Waals surface area contributed by atoms with E-state index in [1.165, 1.54) is 0 Å². The second-order valence-electron chi connectivity index (χ2n) is 1.97. The second-order valence-corrected chi connectivity index (χ2v) is 1.97. The lowest BCUT2D eigenvalue weighted by Crippen LogP contribution is -2.10. The molecule has 0 amide bonds. The summed E-state index contributed by atoms with van der Waals surface area (Å²) >= 11 is 0. The van der Waals surface area contributed by atoms with Gasteiger partial charge in [0.1, 0.15) is 5.84 Å². The Morgan fingerprint density at radius 3 is 2.25 bits per heavy atom. The van der Waals surface area contributed by atoms with Crippen LogP contribution in [0.15, 0.2) is 29.5 Å². The highest BCUT2D eigenvalue weighted by atomic mass is 14.7. The molecule has 0 fully saturated rings. The van der Waals surface area contributed by atoms with Crippen LogP contribution in [0.1, 0.15) is 5.56 Å². The van der Waals surface area contributed by atoms with E-state index in [1.54, 1.807) is 31.6 Å². The van der Waals surface area contributed by atoms with Crippen molar-refractivity contribution in [2.75, 3.05) is 7.05 Å². The van der Waals surface area contributed by atoms with Gasteiger partial charge in [-0.2, -0.15) is 0 Å². The highest BCUT2D eigenvalue weighted by Gasteiger charge is 1.89. The molecule has 1 heterocycles. The van der Waals surface area contributed by atoms with Gasteiger partial charge in [-0.3, -0.25) is 10.4 Å². The maximum Gasteiger partial charge on any atom is 0.122 e. The highest BCUT2D eigenvalue weighted by Crippen LogP contribution is 1.91. The smallest absolute Gasteiger partial charge is 0.122 e. The molecule has 0 aliphatic heterocycles. The molecule has 4 nitrogen and oxygen atoms in total. The summed E-state index contributed by atoms with van der Waals surface area (Å²) in [5.74, 6) is 0.0809. The second kappa shape index (κ2) is 6.03. The number of nitrogens with zero attached hydrogens (tertiary/aromatic N) is 2. The van der Waals surface area contributed by atoms with Gasteiger partial charge in [0.15, 0.2) is 0 Å². The molecule has 0 bridgehead atoms. The minimum Gasteiger partial charge on any atom is -0.384 e. The van der Waals surface area contributed by atoms with Gasteiger partial charge < -0.3 is 10.7 Å². The van der Waals surface area contributed by atoms with E-state index < -0.39 is 0 Å². The number of aliphatic imine (C=N–C) groups is 1. The van der Waals surface area contributed by atoms with Gasteiger partial charge in [-0.05, 0) is 18.9 Å². The van der Waals surface area contributed by atoms with Crippen molar-refractivity contribution >= 4 is 12.6 Å². The van der Waals surface area contributed by atoms with Crippen molar-refractivity contribution < 1.29 is 0 Å². The normalized spacial score (nSPS) is 7.75. The monoisotopic (exact) mass is 164 g/mol. The first kappa shape index (κ1) is 10.3. The summed E-state index contributed by atoms with van der Waals surface area (Å²) in [5.41, 5.74) is 5.88. The fourth-order valence-corrected chi connectivity index (χ4v) is 0.531. The minimum absolute atomic E-state index is 0.0809. The highest BCUT2D eigenvalue weighted by molar-refractivity contribution is 5.94. The number of hydrogen-bond donors (Lipinski definition) is 2. The minimum atomic E-state index is 0.0809. The molecule has 0 spiro atoms. The molecule has 0 aliphatic rings. The van der Waals surface area contributed by atoms with Gasteiger partial charge in [-0.15, -0.1) is 0 Å². The molecule has 1 aromatic rings. The van der Waals surface area contributed by atoms with Crippen molar-refractivity contribution in [3.63, 3.8) is 0 Å². The molecule has 64 valence electrons. The van der Waals surface area contributed by atoms with E-state index >= 15 is 0 Å². The predicted molar refractivity (Wildman–Crippen MR) is 50.7 cm³/mol. The zero-order valence-electron chi connectivity index (χ0n) is 6.99. The zero-order chi connectivity index (χ0) is 9.40. The quantitative estimate of drug-likeness (QED) is 0.473. The molecule has 4 heteroatoms. The van der Waals surface area contributed by atoms with Crippen molar-refractivity contribution in [3.8, 4) is 0 Å². The number of aromatic nitrogens is 1. The molecule has 0 radical (unpaired) electrons. The number of nitrogens with one attached hydrogen (secondary N) is 1. The molecule has 1 aromatic heterocycles. The van der Waals surface area contributed by atoms with Crippen LogP contribution in [-0.4, -0.2) is 24.6 Å². The summed E-state index contributed by atoms with van der Waals surface area (Å²) in [7, 11) is 1.64. The van der Waals surface area contributed by atoms with Crippen LogP contribution in [0.4, 0.5) is 0 Å². The SMILES string of the molecule is C=NC.N=C(N)c1ccncc1. The predicted octanol–water partition coefficient (Wildman–Crippen LogP) is 0.682. The summed E-state index contributed by atoms with van der Waals surface area (Å²) in [4.78, 5) is 7.03. The van der Waals surface area contributed by atoms with Crippen LogP contribution in [-0.2, 0) is 0 Å². The Balaban J connectivity index is 0.000000354. The number of pyridine rings is 1. The van der Waals surface area contributed by atoms with Gasteiger partial charge >= 0.3 is 0 Å². The van der Waals surface area contributed by atoms with Crippen molar-refractivity contribution in [2.45, 2.75) is 0 Å². The Labute approximate surface area is 71.7 Å². The summed E-state index contributed by atoms with van der Waals surface area (Å²) in [6, 6.07) is 3.39. The Morgan fingerprint density at radius 2 is 2.00 bits per heavy atom. The first-order chi connectivity index (χ1) is 5.72. The van der Waals surface area contributed by atoms with Gasteiger partial charge in [0.2, 0.25) is 0 Å². The molecular formula is C8H12N4. The molecule has 0 aromatic carbocycles. The van der Waals surface area contributed by atoms with Gasteiger partial charge in [0, 0.05) is 25.0 Å². The van der Waals surface area contributed by atoms with Crippen LogP contribution in [0.3, 0.4) is 0 Å². The third-order valence-electron chi connectivity index (χ3n) is 0.991. The van der Waals surface area contributed by atoms with Gasteiger partial charge in [0.25, 0.3) is 0 Å². The molecule has 12 heavy (non-hydrogen) atoms. The third kappa shape index (κ3) is 4.16. The first-order valence-electron chi connectivity index (χ1n) is 3.31. The van der Waals surface area contributed by atoms with E-state index in [2.05, 4.69) is 16.7 Å². The summed E-state index contributed by atoms with van der Waals surface area (Å²) < 4.78 is 0. The number of nitrogens with two attached hydrogens (primary N) is 1. The average molecular weight is 164 g/mol. The number of nitrogen functional groups attached to an aromatic ring is 1. The molecule has 3 N–H and O–H groups in total. The summed E-state index contributed by atoms with van der Waals surface area (Å²) in [6.07, 6.45) is 3.22. The third-order valence-corrected chi connectivity index (χ3v) is 0.991. The molecule has 0 aliphatic carbocycles. The van der Waals surface area contributed by atoms with Crippen LogP contribution in [0.25, 0.3) is 0 Å². The lowest BCUT2D eigenvalue weighted by molar-refractivity contribution is 1.31. The number of hydrogen-bond acceptors (Lipinski definition) is 3. The Kier molecular flexibility index (Phi) is 5.17. The van der Waals surface area contributed by atoms with E-state index in [4.69, 9.17) is 11.1 Å². The largest absolute Gasteiger partial charge is 0.384 e. The Bertz CT molecular complexity index is 242. The molecule has 0 unspecified atom stereocenters. The standard InChI is InChI=1S/C6H7N3.C2H5N/c7-6(8)5-1-3-9-4-2-5;1-3-2/h1-4H,(H3,7,8);1H2,2H3. The maximum atomic E-state index is 6.99. The number of rotatable bonds is 1. The Morgan fingerprint density at radius 1 is 1.58 bits per heavy atom. The van der Waals surface area contributed by atoms with Crippen LogP contribution < -0.4 is 5.73 Å². The fraction of sp³-hybridized carbons (Fsp3) is 0.125. The maximum absolute atomic E-state index is 6.99. The van der Waals surface area contributed by atoms with Crippen molar-refractivity contribution in [1.82, 2.24) is 4.98 Å². The summed E-state index contributed by atoms with van der Waals surface area (Å²) in [6.45, 7) is 3.11. The van der Waals surface area contributed by atoms with Gasteiger partial charge in [-0.25, -0.2) is 0 Å². The first-order valence-corrected chi connectivity index (χ1v) is 3.31. The fourth-order valence-electron chi connectivity index (χ4n) is 0.531. The van der Waals surface area contributed by atoms with E-state index in [1.807, 2.05) is 0 Å². The zero-order valence-corrected chi connectivity index (χ0v) is 6.99. The average Bonchev–Trinajstić information content (AvgIpc) is 2.07. The molecule has 0 saturated carbocycles. The van der Waals surface area contributed by atoms with E-state index in [-0.39, 0.29) is 5.84 Å². The van der Waals surface area contributed by atoms with E-state index in [0.29, 0.717) is 5.56 Å². The van der Waals surface area contributed by atoms with Crippen molar-refractivity contribution in [1.29, 1.82) is 5.41 Å². The molecular weight excluding hydrogens is 152 g/mol. The lowest BCUT2D eigenvalue weighted by atomic mass is 10.2. The van der Waals surface area contributed by atoms with E-state index in [9.17, 15) is 0 Å². The van der Waals surface area contributed by atoms with Gasteiger partial charge in [0.05, 0.1) is 0 Å². The van der Waals surface area contributed by atoms with Crippen LogP contribution in [0.5, 0.6) is 0 Å². The molecule has 0 saturated heterocycles. The number of amidine groups is 1. The van der Waals surface area contributed by atoms with Crippen LogP contribution >= 0.6 is 0 Å². The van der Waals surface area contributed by atoms with E-state index in [0.717, 1.165) is 0 Å². The van der Waals surface area contributed by atoms with Crippen LogP contribution in [0, 0.1) is 5.41 Å². The molecule has 0 atom stereocenters. The van der Waals surface area contributed by atoms with Crippen molar-refractivity contribution in [2.24, 2.45) is 10.7 Å². The lowest BCUT2D eigenvalue weighted by Gasteiger charge is -1.92. The van der Waals surface area contributed by atoms with Crippen LogP contribution in [0.2, 0.25) is 0 Å².